The fraction of sp³-hybridized carbons (Fsp3) is 0.611. The maximum absolute atomic E-state index is 13.0. The van der Waals surface area contributed by atoms with Gasteiger partial charge in [-0.3, -0.25) is 14.2 Å². The van der Waals surface area contributed by atoms with Gasteiger partial charge in [-0.2, -0.15) is 0 Å². The second kappa shape index (κ2) is 5.99. The summed E-state index contributed by atoms with van der Waals surface area (Å²) in [6, 6.07) is 0.276. The first-order chi connectivity index (χ1) is 11.6. The largest absolute Gasteiger partial charge is 0.335 e. The molecule has 0 spiro atoms. The van der Waals surface area contributed by atoms with Crippen LogP contribution in [0.2, 0.25) is 0 Å². The maximum Gasteiger partial charge on any atom is 0.264 e. The summed E-state index contributed by atoms with van der Waals surface area (Å²) in [6.45, 7) is 5.58. The normalized spacial score (nSPS) is 21.1. The van der Waals surface area contributed by atoms with Gasteiger partial charge in [0.1, 0.15) is 10.7 Å². The molecule has 6 heteroatoms. The highest BCUT2D eigenvalue weighted by Crippen LogP contribution is 2.31. The van der Waals surface area contributed by atoms with E-state index < -0.39 is 0 Å². The van der Waals surface area contributed by atoms with Crippen molar-refractivity contribution in [1.29, 1.82) is 0 Å². The number of rotatable bonds is 1. The van der Waals surface area contributed by atoms with Gasteiger partial charge in [-0.05, 0) is 51.5 Å². The summed E-state index contributed by atoms with van der Waals surface area (Å²) < 4.78 is 1.81. The Labute approximate surface area is 145 Å². The van der Waals surface area contributed by atoms with Crippen LogP contribution in [0.3, 0.4) is 0 Å². The topological polar surface area (TPSA) is 55.2 Å². The number of amides is 1. The molecule has 4 rings (SSSR count). The summed E-state index contributed by atoms with van der Waals surface area (Å²) in [4.78, 5) is 34.0. The first-order valence-electron chi connectivity index (χ1n) is 8.91. The fourth-order valence-electron chi connectivity index (χ4n) is 3.97. The SMILES string of the molecule is Cc1c(C(=O)N2CCCCC2C)sc2nc3n(c(=O)c12)CCCC3. The van der Waals surface area contributed by atoms with Crippen LogP contribution in [0.4, 0.5) is 0 Å². The minimum Gasteiger partial charge on any atom is -0.335 e. The van der Waals surface area contributed by atoms with Crippen LogP contribution in [0, 0.1) is 6.92 Å². The van der Waals surface area contributed by atoms with Crippen LogP contribution in [-0.2, 0) is 13.0 Å². The third-order valence-electron chi connectivity index (χ3n) is 5.42. The van der Waals surface area contributed by atoms with Crippen molar-refractivity contribution < 1.29 is 4.79 Å². The molecular formula is C18H23N3O2S. The molecule has 1 unspecified atom stereocenters. The number of aryl methyl sites for hydroxylation is 2. The Morgan fingerprint density at radius 3 is 2.79 bits per heavy atom. The molecular weight excluding hydrogens is 322 g/mol. The highest BCUT2D eigenvalue weighted by molar-refractivity contribution is 7.20. The number of thiophene rings is 1. The minimum atomic E-state index is 0.0363. The highest BCUT2D eigenvalue weighted by atomic mass is 32.1. The van der Waals surface area contributed by atoms with Gasteiger partial charge >= 0.3 is 0 Å². The van der Waals surface area contributed by atoms with Crippen LogP contribution in [-0.4, -0.2) is 32.9 Å². The van der Waals surface area contributed by atoms with Crippen LogP contribution in [0.15, 0.2) is 4.79 Å². The third-order valence-corrected chi connectivity index (χ3v) is 6.59. The summed E-state index contributed by atoms with van der Waals surface area (Å²) in [6.07, 6.45) is 6.28. The summed E-state index contributed by atoms with van der Waals surface area (Å²) in [7, 11) is 0. The average Bonchev–Trinajstić information content (AvgIpc) is 2.92. The van der Waals surface area contributed by atoms with E-state index >= 15 is 0 Å². The molecule has 4 heterocycles. The molecule has 2 aliphatic rings. The number of carbonyl (C=O) groups is 1. The van der Waals surface area contributed by atoms with E-state index in [1.54, 1.807) is 0 Å². The molecule has 1 fully saturated rings. The van der Waals surface area contributed by atoms with E-state index in [9.17, 15) is 9.59 Å². The summed E-state index contributed by atoms with van der Waals surface area (Å²) in [5.41, 5.74) is 0.852. The van der Waals surface area contributed by atoms with Gasteiger partial charge < -0.3 is 4.90 Å². The molecule has 0 saturated carbocycles. The lowest BCUT2D eigenvalue weighted by Crippen LogP contribution is -2.41. The van der Waals surface area contributed by atoms with Crippen molar-refractivity contribution in [2.75, 3.05) is 6.54 Å². The summed E-state index contributed by atoms with van der Waals surface area (Å²) in [5.74, 6) is 0.954. The lowest BCUT2D eigenvalue weighted by atomic mass is 10.0. The second-order valence-corrected chi connectivity index (χ2v) is 8.02. The van der Waals surface area contributed by atoms with Gasteiger partial charge in [0.15, 0.2) is 0 Å². The first-order valence-corrected chi connectivity index (χ1v) is 9.73. The number of likely N-dealkylation sites (tertiary alicyclic amines) is 1. The Bertz CT molecular complexity index is 867. The van der Waals surface area contributed by atoms with Crippen LogP contribution in [0.1, 0.15) is 60.1 Å². The molecule has 0 N–H and O–H groups in total. The zero-order valence-corrected chi connectivity index (χ0v) is 15.1. The van der Waals surface area contributed by atoms with Crippen molar-refractivity contribution in [3.8, 4) is 0 Å². The van der Waals surface area contributed by atoms with Gasteiger partial charge in [-0.15, -0.1) is 11.3 Å². The Hall–Kier alpha value is -1.69. The van der Waals surface area contributed by atoms with Crippen molar-refractivity contribution in [3.63, 3.8) is 0 Å². The minimum absolute atomic E-state index is 0.0363. The van der Waals surface area contributed by atoms with Gasteiger partial charge in [0.05, 0.1) is 10.3 Å². The number of hydrogen-bond acceptors (Lipinski definition) is 4. The number of nitrogens with zero attached hydrogens (tertiary/aromatic N) is 3. The average molecular weight is 345 g/mol. The Morgan fingerprint density at radius 1 is 1.21 bits per heavy atom. The molecule has 1 saturated heterocycles. The molecule has 0 aromatic carbocycles. The zero-order chi connectivity index (χ0) is 16.8. The van der Waals surface area contributed by atoms with Gasteiger partial charge in [-0.1, -0.05) is 0 Å². The van der Waals surface area contributed by atoms with Crippen molar-refractivity contribution in [3.05, 3.63) is 26.6 Å². The molecule has 2 aromatic rings. The lowest BCUT2D eigenvalue weighted by molar-refractivity contribution is 0.0640. The number of piperidine rings is 1. The molecule has 24 heavy (non-hydrogen) atoms. The number of carbonyl (C=O) groups excluding carboxylic acids is 1. The van der Waals surface area contributed by atoms with E-state index in [1.165, 1.54) is 17.8 Å². The monoisotopic (exact) mass is 345 g/mol. The van der Waals surface area contributed by atoms with Crippen LogP contribution >= 0.6 is 11.3 Å². The number of hydrogen-bond donors (Lipinski definition) is 0. The smallest absolute Gasteiger partial charge is 0.264 e. The van der Waals surface area contributed by atoms with Crippen molar-refractivity contribution in [2.24, 2.45) is 0 Å². The molecule has 2 aliphatic heterocycles. The first kappa shape index (κ1) is 15.8. The summed E-state index contributed by atoms with van der Waals surface area (Å²) in [5, 5.41) is 0.652. The molecule has 0 bridgehead atoms. The van der Waals surface area contributed by atoms with Gasteiger partial charge in [0.2, 0.25) is 0 Å². The maximum atomic E-state index is 13.0. The van der Waals surface area contributed by atoms with E-state index in [0.717, 1.165) is 61.4 Å². The van der Waals surface area contributed by atoms with Gasteiger partial charge in [0, 0.05) is 25.6 Å². The fourth-order valence-corrected chi connectivity index (χ4v) is 5.11. The molecule has 0 aliphatic carbocycles. The standard InChI is InChI=1S/C18H23N3O2S/c1-11-7-3-5-9-20(11)18(23)15-12(2)14-16(24-15)19-13-8-4-6-10-21(13)17(14)22/h11H,3-10H2,1-2H3. The predicted molar refractivity (Wildman–Crippen MR) is 95.9 cm³/mol. The van der Waals surface area contributed by atoms with Crippen LogP contribution in [0.5, 0.6) is 0 Å². The lowest BCUT2D eigenvalue weighted by Gasteiger charge is -2.33. The molecule has 0 radical (unpaired) electrons. The molecule has 5 nitrogen and oxygen atoms in total. The Balaban J connectivity index is 1.82. The summed E-state index contributed by atoms with van der Waals surface area (Å²) >= 11 is 1.40. The van der Waals surface area contributed by atoms with E-state index in [4.69, 9.17) is 4.98 Å². The quantitative estimate of drug-likeness (QED) is 0.798. The van der Waals surface area contributed by atoms with Crippen LogP contribution < -0.4 is 5.56 Å². The Kier molecular flexibility index (Phi) is 3.95. The highest BCUT2D eigenvalue weighted by Gasteiger charge is 2.29. The van der Waals surface area contributed by atoms with Crippen LogP contribution in [0.25, 0.3) is 10.2 Å². The third kappa shape index (κ3) is 2.39. The van der Waals surface area contributed by atoms with E-state index in [0.29, 0.717) is 10.3 Å². The van der Waals surface area contributed by atoms with Crippen molar-refractivity contribution in [2.45, 2.75) is 65.0 Å². The predicted octanol–water partition coefficient (Wildman–Crippen LogP) is 3.12. The van der Waals surface area contributed by atoms with Gasteiger partial charge in [-0.25, -0.2) is 4.98 Å². The van der Waals surface area contributed by atoms with E-state index in [-0.39, 0.29) is 17.5 Å². The van der Waals surface area contributed by atoms with Gasteiger partial charge in [0.25, 0.3) is 11.5 Å². The van der Waals surface area contributed by atoms with Crippen molar-refractivity contribution in [1.82, 2.24) is 14.5 Å². The zero-order valence-electron chi connectivity index (χ0n) is 14.3. The second-order valence-electron chi connectivity index (χ2n) is 7.02. The van der Waals surface area contributed by atoms with E-state index in [1.807, 2.05) is 16.4 Å². The molecule has 1 atom stereocenters. The molecule has 128 valence electrons. The molecule has 1 amide bonds. The number of aromatic nitrogens is 2. The number of fused-ring (bicyclic) bond motifs is 2. The van der Waals surface area contributed by atoms with Crippen molar-refractivity contribution >= 4 is 27.5 Å². The molecule has 2 aromatic heterocycles. The van der Waals surface area contributed by atoms with E-state index in [2.05, 4.69) is 6.92 Å². The Morgan fingerprint density at radius 2 is 2.00 bits per heavy atom.